The van der Waals surface area contributed by atoms with E-state index >= 15 is 0 Å². The summed E-state index contributed by atoms with van der Waals surface area (Å²) in [6.07, 6.45) is 1.09. The summed E-state index contributed by atoms with van der Waals surface area (Å²) in [5, 5.41) is 3.16. The molecule has 2 aromatic carbocycles. The Morgan fingerprint density at radius 3 is 2.29 bits per heavy atom. The van der Waals surface area contributed by atoms with Gasteiger partial charge in [-0.15, -0.1) is 0 Å². The van der Waals surface area contributed by atoms with Gasteiger partial charge < -0.3 is 5.32 Å². The summed E-state index contributed by atoms with van der Waals surface area (Å²) in [7, 11) is 1.97. The van der Waals surface area contributed by atoms with Crippen molar-refractivity contribution in [2.24, 2.45) is 0 Å². The maximum Gasteiger partial charge on any atom is 0.0202 e. The van der Waals surface area contributed by atoms with Crippen LogP contribution in [0.3, 0.4) is 0 Å². The van der Waals surface area contributed by atoms with Gasteiger partial charge >= 0.3 is 0 Å². The predicted molar refractivity (Wildman–Crippen MR) is 74.0 cm³/mol. The first-order valence-electron chi connectivity index (χ1n) is 6.16. The van der Waals surface area contributed by atoms with Crippen molar-refractivity contribution < 1.29 is 0 Å². The maximum absolute atomic E-state index is 3.16. The molecule has 0 atom stereocenters. The molecule has 0 saturated carbocycles. The van der Waals surface area contributed by atoms with Crippen LogP contribution in [-0.4, -0.2) is 7.05 Å². The molecule has 17 heavy (non-hydrogen) atoms. The average Bonchev–Trinajstić information content (AvgIpc) is 2.40. The van der Waals surface area contributed by atoms with E-state index in [1.165, 1.54) is 22.3 Å². The minimum absolute atomic E-state index is 0.926. The molecule has 0 fully saturated rings. The van der Waals surface area contributed by atoms with Crippen LogP contribution in [0.5, 0.6) is 0 Å². The molecule has 0 radical (unpaired) electrons. The lowest BCUT2D eigenvalue weighted by Crippen LogP contribution is -2.04. The molecule has 0 amide bonds. The summed E-state index contributed by atoms with van der Waals surface area (Å²) in [4.78, 5) is 0. The fourth-order valence-electron chi connectivity index (χ4n) is 1.99. The van der Waals surface area contributed by atoms with E-state index in [9.17, 15) is 0 Å². The molecule has 0 aliphatic carbocycles. The highest BCUT2D eigenvalue weighted by atomic mass is 14.8. The van der Waals surface area contributed by atoms with Crippen molar-refractivity contribution in [3.63, 3.8) is 0 Å². The van der Waals surface area contributed by atoms with E-state index in [1.54, 1.807) is 0 Å². The summed E-state index contributed by atoms with van der Waals surface area (Å²) < 4.78 is 0. The quantitative estimate of drug-likeness (QED) is 0.837. The van der Waals surface area contributed by atoms with Gasteiger partial charge in [-0.1, -0.05) is 55.5 Å². The van der Waals surface area contributed by atoms with Crippen LogP contribution in [0.1, 0.15) is 18.1 Å². The Hall–Kier alpha value is -1.60. The first kappa shape index (κ1) is 11.9. The second kappa shape index (κ2) is 5.65. The minimum Gasteiger partial charge on any atom is -0.316 e. The molecule has 2 rings (SSSR count). The zero-order chi connectivity index (χ0) is 12.1. The van der Waals surface area contributed by atoms with E-state index in [0.717, 1.165) is 13.0 Å². The first-order valence-corrected chi connectivity index (χ1v) is 6.16. The molecule has 1 heteroatoms. The SMILES string of the molecule is CCc1cccc(-c2ccc(CNC)cc2)c1. The lowest BCUT2D eigenvalue weighted by Gasteiger charge is -2.06. The Kier molecular flexibility index (Phi) is 3.94. The van der Waals surface area contributed by atoms with E-state index in [0.29, 0.717) is 0 Å². The van der Waals surface area contributed by atoms with Crippen molar-refractivity contribution in [1.29, 1.82) is 0 Å². The monoisotopic (exact) mass is 225 g/mol. The standard InChI is InChI=1S/C16H19N/c1-3-13-5-4-6-16(11-13)15-9-7-14(8-10-15)12-17-2/h4-11,17H,3,12H2,1-2H3. The van der Waals surface area contributed by atoms with Crippen LogP contribution in [0.4, 0.5) is 0 Å². The highest BCUT2D eigenvalue weighted by Crippen LogP contribution is 2.21. The average molecular weight is 225 g/mol. The molecular weight excluding hydrogens is 206 g/mol. The molecule has 1 nitrogen and oxygen atoms in total. The molecule has 0 bridgehead atoms. The third kappa shape index (κ3) is 2.95. The van der Waals surface area contributed by atoms with Gasteiger partial charge in [0.05, 0.1) is 0 Å². The summed E-state index contributed by atoms with van der Waals surface area (Å²) in [6.45, 7) is 3.12. The van der Waals surface area contributed by atoms with Crippen LogP contribution in [0, 0.1) is 0 Å². The van der Waals surface area contributed by atoms with E-state index in [4.69, 9.17) is 0 Å². The Balaban J connectivity index is 2.26. The zero-order valence-electron chi connectivity index (χ0n) is 10.5. The lowest BCUT2D eigenvalue weighted by atomic mass is 10.0. The van der Waals surface area contributed by atoms with Gasteiger partial charge in [0, 0.05) is 6.54 Å². The molecule has 0 aromatic heterocycles. The van der Waals surface area contributed by atoms with Crippen molar-refractivity contribution in [1.82, 2.24) is 5.32 Å². The van der Waals surface area contributed by atoms with Gasteiger partial charge in [0.1, 0.15) is 0 Å². The van der Waals surface area contributed by atoms with Gasteiger partial charge in [0.2, 0.25) is 0 Å². The van der Waals surface area contributed by atoms with E-state index in [-0.39, 0.29) is 0 Å². The Labute approximate surface area is 103 Å². The molecule has 0 spiro atoms. The molecular formula is C16H19N. The number of rotatable bonds is 4. The first-order chi connectivity index (χ1) is 8.33. The van der Waals surface area contributed by atoms with E-state index < -0.39 is 0 Å². The molecule has 2 aromatic rings. The van der Waals surface area contributed by atoms with Crippen molar-refractivity contribution in [2.75, 3.05) is 7.05 Å². The van der Waals surface area contributed by atoms with Gasteiger partial charge in [-0.3, -0.25) is 0 Å². The minimum atomic E-state index is 0.926. The Bertz CT molecular complexity index is 471. The zero-order valence-corrected chi connectivity index (χ0v) is 10.5. The van der Waals surface area contributed by atoms with Crippen molar-refractivity contribution >= 4 is 0 Å². The Morgan fingerprint density at radius 1 is 0.882 bits per heavy atom. The summed E-state index contributed by atoms with van der Waals surface area (Å²) >= 11 is 0. The number of benzene rings is 2. The van der Waals surface area contributed by atoms with Crippen molar-refractivity contribution in [3.8, 4) is 11.1 Å². The molecule has 88 valence electrons. The summed E-state index contributed by atoms with van der Waals surface area (Å²) in [6, 6.07) is 17.5. The molecule has 0 unspecified atom stereocenters. The third-order valence-electron chi connectivity index (χ3n) is 3.00. The molecule has 0 heterocycles. The summed E-state index contributed by atoms with van der Waals surface area (Å²) in [5.41, 5.74) is 5.31. The Morgan fingerprint density at radius 2 is 1.65 bits per heavy atom. The highest BCUT2D eigenvalue weighted by molar-refractivity contribution is 5.64. The van der Waals surface area contributed by atoms with Crippen molar-refractivity contribution in [2.45, 2.75) is 19.9 Å². The second-order valence-electron chi connectivity index (χ2n) is 4.28. The van der Waals surface area contributed by atoms with Crippen molar-refractivity contribution in [3.05, 3.63) is 59.7 Å². The van der Waals surface area contributed by atoms with Crippen LogP contribution in [0.25, 0.3) is 11.1 Å². The van der Waals surface area contributed by atoms with E-state index in [1.807, 2.05) is 7.05 Å². The van der Waals surface area contributed by atoms with Crippen LogP contribution < -0.4 is 5.32 Å². The number of aryl methyl sites for hydroxylation is 1. The molecule has 0 aliphatic rings. The van der Waals surface area contributed by atoms with Gasteiger partial charge in [-0.2, -0.15) is 0 Å². The number of nitrogens with one attached hydrogen (secondary N) is 1. The van der Waals surface area contributed by atoms with Crippen LogP contribution >= 0.6 is 0 Å². The molecule has 0 aliphatic heterocycles. The third-order valence-corrected chi connectivity index (χ3v) is 3.00. The van der Waals surface area contributed by atoms with Crippen LogP contribution in [-0.2, 0) is 13.0 Å². The topological polar surface area (TPSA) is 12.0 Å². The van der Waals surface area contributed by atoms with Crippen LogP contribution in [0.2, 0.25) is 0 Å². The maximum atomic E-state index is 3.16. The van der Waals surface area contributed by atoms with Crippen LogP contribution in [0.15, 0.2) is 48.5 Å². The van der Waals surface area contributed by atoms with Gasteiger partial charge in [-0.05, 0) is 35.7 Å². The largest absolute Gasteiger partial charge is 0.316 e. The fourth-order valence-corrected chi connectivity index (χ4v) is 1.99. The summed E-state index contributed by atoms with van der Waals surface area (Å²) in [5.74, 6) is 0. The van der Waals surface area contributed by atoms with Gasteiger partial charge in [-0.25, -0.2) is 0 Å². The molecule has 0 saturated heterocycles. The second-order valence-corrected chi connectivity index (χ2v) is 4.28. The fraction of sp³-hybridized carbons (Fsp3) is 0.250. The number of hydrogen-bond acceptors (Lipinski definition) is 1. The smallest absolute Gasteiger partial charge is 0.0202 e. The highest BCUT2D eigenvalue weighted by Gasteiger charge is 1.98. The van der Waals surface area contributed by atoms with Gasteiger partial charge in [0.15, 0.2) is 0 Å². The normalized spacial score (nSPS) is 10.5. The van der Waals surface area contributed by atoms with E-state index in [2.05, 4.69) is 60.8 Å². The molecule has 1 N–H and O–H groups in total. The van der Waals surface area contributed by atoms with Gasteiger partial charge in [0.25, 0.3) is 0 Å². The lowest BCUT2D eigenvalue weighted by molar-refractivity contribution is 0.818. The predicted octanol–water partition coefficient (Wildman–Crippen LogP) is 3.64. The number of hydrogen-bond donors (Lipinski definition) is 1.